The number of carbonyl (C=O) groups excluding carboxylic acids is 1. The number of hydrogen-bond acceptors (Lipinski definition) is 3. The molecule has 0 fully saturated rings. The predicted molar refractivity (Wildman–Crippen MR) is 59.4 cm³/mol. The van der Waals surface area contributed by atoms with Gasteiger partial charge in [0.15, 0.2) is 0 Å². The van der Waals surface area contributed by atoms with Crippen molar-refractivity contribution >= 4 is 12.0 Å². The van der Waals surface area contributed by atoms with Gasteiger partial charge in [-0.3, -0.25) is 4.79 Å². The summed E-state index contributed by atoms with van der Waals surface area (Å²) in [6, 6.07) is 0. The standard InChI is InChI=1S/C12H15NO3/c1-8(2)12(11(15)16)6-10(13-7-14)5-4-9(12)3/h4-6,8-9H,1-3H3,(H,15,16). The maximum absolute atomic E-state index is 11.5. The van der Waals surface area contributed by atoms with E-state index in [-0.39, 0.29) is 11.8 Å². The van der Waals surface area contributed by atoms with Crippen molar-refractivity contribution in [2.45, 2.75) is 20.8 Å². The van der Waals surface area contributed by atoms with Crippen LogP contribution >= 0.6 is 0 Å². The van der Waals surface area contributed by atoms with Crippen LogP contribution in [0.2, 0.25) is 0 Å². The molecule has 4 nitrogen and oxygen atoms in total. The van der Waals surface area contributed by atoms with Gasteiger partial charge in [-0.25, -0.2) is 4.79 Å². The molecule has 2 atom stereocenters. The summed E-state index contributed by atoms with van der Waals surface area (Å²) in [5.74, 6) is -1.10. The SMILES string of the molecule is CC(C)C1(C(=O)O)C=C(N=C=O)C=CC1C. The van der Waals surface area contributed by atoms with Crippen LogP contribution in [0.25, 0.3) is 0 Å². The number of rotatable bonds is 3. The Morgan fingerprint density at radius 1 is 1.62 bits per heavy atom. The second kappa shape index (κ2) is 4.45. The molecule has 0 radical (unpaired) electrons. The fourth-order valence-electron chi connectivity index (χ4n) is 2.14. The molecule has 0 amide bonds. The van der Waals surface area contributed by atoms with Crippen LogP contribution in [0.4, 0.5) is 0 Å². The zero-order valence-electron chi connectivity index (χ0n) is 9.60. The van der Waals surface area contributed by atoms with E-state index in [0.717, 1.165) is 0 Å². The van der Waals surface area contributed by atoms with Gasteiger partial charge >= 0.3 is 5.97 Å². The van der Waals surface area contributed by atoms with Crippen LogP contribution in [0.5, 0.6) is 0 Å². The molecule has 1 aliphatic rings. The molecule has 1 rings (SSSR count). The second-order valence-corrected chi connectivity index (χ2v) is 4.31. The van der Waals surface area contributed by atoms with Gasteiger partial charge in [-0.05, 0) is 24.0 Å². The number of aliphatic carboxylic acids is 1. The van der Waals surface area contributed by atoms with Gasteiger partial charge in [0, 0.05) is 0 Å². The first kappa shape index (κ1) is 12.4. The van der Waals surface area contributed by atoms with E-state index in [1.54, 1.807) is 18.2 Å². The van der Waals surface area contributed by atoms with Gasteiger partial charge in [0.25, 0.3) is 0 Å². The maximum Gasteiger partial charge on any atom is 0.314 e. The summed E-state index contributed by atoms with van der Waals surface area (Å²) in [4.78, 5) is 25.1. The van der Waals surface area contributed by atoms with Gasteiger partial charge in [-0.15, -0.1) is 0 Å². The summed E-state index contributed by atoms with van der Waals surface area (Å²) in [6.07, 6.45) is 6.40. The third-order valence-electron chi connectivity index (χ3n) is 3.20. The second-order valence-electron chi connectivity index (χ2n) is 4.31. The minimum atomic E-state index is -0.996. The first-order valence-corrected chi connectivity index (χ1v) is 5.17. The van der Waals surface area contributed by atoms with Crippen molar-refractivity contribution in [1.29, 1.82) is 0 Å². The summed E-state index contributed by atoms with van der Waals surface area (Å²) in [7, 11) is 0. The van der Waals surface area contributed by atoms with Crippen molar-refractivity contribution in [3.05, 3.63) is 23.9 Å². The predicted octanol–water partition coefficient (Wildman–Crippen LogP) is 2.14. The molecule has 0 aliphatic heterocycles. The minimum Gasteiger partial charge on any atom is -0.481 e. The van der Waals surface area contributed by atoms with Crippen molar-refractivity contribution in [2.75, 3.05) is 0 Å². The van der Waals surface area contributed by atoms with Gasteiger partial charge in [0.05, 0.1) is 11.1 Å². The molecule has 4 heteroatoms. The highest BCUT2D eigenvalue weighted by Crippen LogP contribution is 2.42. The van der Waals surface area contributed by atoms with E-state index in [1.807, 2.05) is 20.8 Å². The Hall–Kier alpha value is -1.67. The molecule has 0 saturated heterocycles. The lowest BCUT2D eigenvalue weighted by Gasteiger charge is -2.36. The number of carboxylic acid groups (broad SMARTS) is 1. The average Bonchev–Trinajstić information content (AvgIpc) is 2.20. The first-order valence-electron chi connectivity index (χ1n) is 5.17. The Bertz CT molecular complexity index is 402. The lowest BCUT2D eigenvalue weighted by atomic mass is 9.66. The van der Waals surface area contributed by atoms with Crippen LogP contribution in [0.15, 0.2) is 28.9 Å². The molecular weight excluding hydrogens is 206 g/mol. The van der Waals surface area contributed by atoms with Crippen molar-refractivity contribution in [3.63, 3.8) is 0 Å². The molecule has 0 saturated carbocycles. The van der Waals surface area contributed by atoms with Gasteiger partial charge in [0.2, 0.25) is 6.08 Å². The molecule has 0 aromatic rings. The van der Waals surface area contributed by atoms with E-state index >= 15 is 0 Å². The summed E-state index contributed by atoms with van der Waals surface area (Å²) in [6.45, 7) is 5.55. The number of allylic oxidation sites excluding steroid dienone is 2. The lowest BCUT2D eigenvalue weighted by Crippen LogP contribution is -2.41. The topological polar surface area (TPSA) is 66.7 Å². The largest absolute Gasteiger partial charge is 0.481 e. The van der Waals surface area contributed by atoms with Crippen LogP contribution in [-0.2, 0) is 9.59 Å². The summed E-state index contributed by atoms with van der Waals surface area (Å²) < 4.78 is 0. The molecule has 0 spiro atoms. The Kier molecular flexibility index (Phi) is 3.45. The molecule has 0 aromatic heterocycles. The number of hydrogen-bond donors (Lipinski definition) is 1. The quantitative estimate of drug-likeness (QED) is 0.586. The minimum absolute atomic E-state index is 0.0817. The molecular formula is C12H15NO3. The van der Waals surface area contributed by atoms with Crippen LogP contribution in [0, 0.1) is 17.3 Å². The Morgan fingerprint density at radius 3 is 2.69 bits per heavy atom. The zero-order valence-corrected chi connectivity index (χ0v) is 9.60. The normalized spacial score (nSPS) is 28.5. The Labute approximate surface area is 94.4 Å². The van der Waals surface area contributed by atoms with Gasteiger partial charge in [-0.1, -0.05) is 26.8 Å². The number of isocyanates is 1. The van der Waals surface area contributed by atoms with Crippen LogP contribution in [-0.4, -0.2) is 17.2 Å². The smallest absolute Gasteiger partial charge is 0.314 e. The van der Waals surface area contributed by atoms with E-state index < -0.39 is 11.4 Å². The molecule has 0 aromatic carbocycles. The van der Waals surface area contributed by atoms with E-state index in [2.05, 4.69) is 4.99 Å². The van der Waals surface area contributed by atoms with Gasteiger partial charge < -0.3 is 5.11 Å². The summed E-state index contributed by atoms with van der Waals surface area (Å²) in [5, 5.41) is 9.40. The monoisotopic (exact) mass is 221 g/mol. The highest BCUT2D eigenvalue weighted by molar-refractivity contribution is 5.79. The number of carboxylic acids is 1. The Morgan fingerprint density at radius 2 is 2.25 bits per heavy atom. The molecule has 0 heterocycles. The van der Waals surface area contributed by atoms with Gasteiger partial charge in [-0.2, -0.15) is 4.99 Å². The van der Waals surface area contributed by atoms with Gasteiger partial charge in [0.1, 0.15) is 0 Å². The van der Waals surface area contributed by atoms with Crippen LogP contribution < -0.4 is 0 Å². The summed E-state index contributed by atoms with van der Waals surface area (Å²) >= 11 is 0. The lowest BCUT2D eigenvalue weighted by molar-refractivity contribution is -0.150. The number of nitrogens with zero attached hydrogens (tertiary/aromatic N) is 1. The summed E-state index contributed by atoms with van der Waals surface area (Å²) in [5.41, 5.74) is -0.631. The zero-order chi connectivity index (χ0) is 12.3. The van der Waals surface area contributed by atoms with E-state index in [1.165, 1.54) is 6.08 Å². The van der Waals surface area contributed by atoms with Crippen molar-refractivity contribution in [1.82, 2.24) is 0 Å². The van der Waals surface area contributed by atoms with Crippen molar-refractivity contribution in [3.8, 4) is 0 Å². The highest BCUT2D eigenvalue weighted by atomic mass is 16.4. The van der Waals surface area contributed by atoms with Crippen LogP contribution in [0.3, 0.4) is 0 Å². The van der Waals surface area contributed by atoms with E-state index in [0.29, 0.717) is 5.70 Å². The molecule has 0 bridgehead atoms. The number of carbonyl (C=O) groups is 1. The molecule has 86 valence electrons. The fourth-order valence-corrected chi connectivity index (χ4v) is 2.14. The van der Waals surface area contributed by atoms with Crippen molar-refractivity contribution in [2.24, 2.45) is 22.2 Å². The van der Waals surface area contributed by atoms with E-state index in [4.69, 9.17) is 0 Å². The molecule has 1 N–H and O–H groups in total. The Balaban J connectivity index is 3.31. The fraction of sp³-hybridized carbons (Fsp3) is 0.500. The molecule has 16 heavy (non-hydrogen) atoms. The molecule has 1 aliphatic carbocycles. The molecule has 2 unspecified atom stereocenters. The van der Waals surface area contributed by atoms with Crippen molar-refractivity contribution < 1.29 is 14.7 Å². The third-order valence-corrected chi connectivity index (χ3v) is 3.20. The maximum atomic E-state index is 11.5. The third kappa shape index (κ3) is 1.84. The first-order chi connectivity index (χ1) is 7.45. The number of aliphatic imine (C=N–C) groups is 1. The van der Waals surface area contributed by atoms with Crippen LogP contribution in [0.1, 0.15) is 20.8 Å². The average molecular weight is 221 g/mol. The highest BCUT2D eigenvalue weighted by Gasteiger charge is 2.45. The van der Waals surface area contributed by atoms with E-state index in [9.17, 15) is 14.7 Å².